The number of carbonyl (C=O) groups excluding carboxylic acids is 2. The minimum Gasteiger partial charge on any atom is -0.493 e. The number of ether oxygens (including phenoxy) is 2. The molecule has 0 radical (unpaired) electrons. The molecule has 0 aliphatic carbocycles. The molecule has 0 saturated carbocycles. The smallest absolute Gasteiger partial charge is 0.257 e. The third-order valence-electron chi connectivity index (χ3n) is 4.21. The molecule has 0 atom stereocenters. The molecule has 0 saturated heterocycles. The van der Waals surface area contributed by atoms with Crippen LogP contribution in [0.15, 0.2) is 47.4 Å². The molecule has 32 heavy (non-hydrogen) atoms. The van der Waals surface area contributed by atoms with Crippen LogP contribution in [0.1, 0.15) is 36.7 Å². The molecule has 10 heteroatoms. The second-order valence-corrected chi connectivity index (χ2v) is 8.93. The molecule has 0 bridgehead atoms. The second kappa shape index (κ2) is 11.5. The van der Waals surface area contributed by atoms with Gasteiger partial charge in [-0.3, -0.25) is 9.59 Å². The maximum Gasteiger partial charge on any atom is 0.257 e. The lowest BCUT2D eigenvalue weighted by Gasteiger charge is -2.13. The van der Waals surface area contributed by atoms with Gasteiger partial charge in [0.1, 0.15) is 0 Å². The molecule has 9 nitrogen and oxygen atoms in total. The summed E-state index contributed by atoms with van der Waals surface area (Å²) < 4.78 is 38.0. The van der Waals surface area contributed by atoms with E-state index >= 15 is 0 Å². The molecule has 0 aliphatic rings. The molecule has 0 spiro atoms. The zero-order valence-electron chi connectivity index (χ0n) is 18.6. The van der Waals surface area contributed by atoms with Crippen LogP contribution in [0.2, 0.25) is 0 Å². The minimum absolute atomic E-state index is 0.0223. The third-order valence-corrected chi connectivity index (χ3v) is 5.87. The van der Waals surface area contributed by atoms with Crippen molar-refractivity contribution in [2.75, 3.05) is 20.3 Å². The Labute approximate surface area is 188 Å². The van der Waals surface area contributed by atoms with Crippen LogP contribution in [0.4, 0.5) is 0 Å². The number of carbonyl (C=O) groups is 2. The van der Waals surface area contributed by atoms with Gasteiger partial charge in [-0.2, -0.15) is 0 Å². The van der Waals surface area contributed by atoms with Crippen LogP contribution in [0.3, 0.4) is 0 Å². The molecule has 174 valence electrons. The van der Waals surface area contributed by atoms with Gasteiger partial charge in [0.05, 0.1) is 12.0 Å². The van der Waals surface area contributed by atoms with Crippen LogP contribution >= 0.6 is 0 Å². The van der Waals surface area contributed by atoms with Gasteiger partial charge in [0.25, 0.3) is 11.8 Å². The number of sulfonamides is 1. The number of amides is 2. The largest absolute Gasteiger partial charge is 0.493 e. The number of nitrogens with one attached hydrogen (secondary N) is 3. The number of benzene rings is 2. The summed E-state index contributed by atoms with van der Waals surface area (Å²) in [5.41, 5.74) is 0.969. The normalized spacial score (nSPS) is 11.2. The second-order valence-electron chi connectivity index (χ2n) is 7.21. The SMILES string of the molecule is CCNC(=O)COc1ccc(CNC(=O)c2cccc(S(=O)(=O)NC(C)C)c2)cc1OC. The van der Waals surface area contributed by atoms with Crippen molar-refractivity contribution in [3.8, 4) is 11.5 Å². The van der Waals surface area contributed by atoms with Crippen LogP contribution in [0.25, 0.3) is 0 Å². The highest BCUT2D eigenvalue weighted by molar-refractivity contribution is 7.89. The highest BCUT2D eigenvalue weighted by Gasteiger charge is 2.17. The molecule has 0 aliphatic heterocycles. The van der Waals surface area contributed by atoms with Gasteiger partial charge >= 0.3 is 0 Å². The van der Waals surface area contributed by atoms with E-state index in [1.165, 1.54) is 25.3 Å². The first-order valence-corrected chi connectivity index (χ1v) is 11.6. The van der Waals surface area contributed by atoms with Crippen molar-refractivity contribution in [2.24, 2.45) is 0 Å². The zero-order valence-corrected chi connectivity index (χ0v) is 19.4. The fourth-order valence-electron chi connectivity index (χ4n) is 2.80. The quantitative estimate of drug-likeness (QED) is 0.467. The highest BCUT2D eigenvalue weighted by atomic mass is 32.2. The maximum absolute atomic E-state index is 12.6. The summed E-state index contributed by atoms with van der Waals surface area (Å²) in [7, 11) is -2.22. The Hall–Kier alpha value is -3.11. The van der Waals surface area contributed by atoms with Crippen LogP contribution in [0.5, 0.6) is 11.5 Å². The Kier molecular flexibility index (Phi) is 9.03. The number of hydrogen-bond acceptors (Lipinski definition) is 6. The van der Waals surface area contributed by atoms with Crippen molar-refractivity contribution in [3.63, 3.8) is 0 Å². The Morgan fingerprint density at radius 2 is 1.78 bits per heavy atom. The minimum atomic E-state index is -3.70. The van der Waals surface area contributed by atoms with Gasteiger partial charge in [-0.1, -0.05) is 12.1 Å². The monoisotopic (exact) mass is 463 g/mol. The van der Waals surface area contributed by atoms with Gasteiger partial charge in [0.2, 0.25) is 10.0 Å². The van der Waals surface area contributed by atoms with Gasteiger partial charge in [-0.15, -0.1) is 0 Å². The van der Waals surface area contributed by atoms with Crippen molar-refractivity contribution in [1.29, 1.82) is 0 Å². The molecule has 0 heterocycles. The summed E-state index contributed by atoms with van der Waals surface area (Å²) in [4.78, 5) is 24.1. The number of likely N-dealkylation sites (N-methyl/N-ethyl adjacent to an activating group) is 1. The summed E-state index contributed by atoms with van der Waals surface area (Å²) in [6.07, 6.45) is 0. The van der Waals surface area contributed by atoms with E-state index in [9.17, 15) is 18.0 Å². The molecule has 2 aromatic carbocycles. The Morgan fingerprint density at radius 1 is 1.03 bits per heavy atom. The predicted molar refractivity (Wildman–Crippen MR) is 120 cm³/mol. The van der Waals surface area contributed by atoms with E-state index in [2.05, 4.69) is 15.4 Å². The van der Waals surface area contributed by atoms with Crippen molar-refractivity contribution >= 4 is 21.8 Å². The van der Waals surface area contributed by atoms with Crippen LogP contribution < -0.4 is 24.8 Å². The zero-order chi connectivity index (χ0) is 23.7. The van der Waals surface area contributed by atoms with Crippen molar-refractivity contribution in [2.45, 2.75) is 38.3 Å². The summed E-state index contributed by atoms with van der Waals surface area (Å²) in [5.74, 6) is 0.180. The average molecular weight is 464 g/mol. The maximum atomic E-state index is 12.6. The molecule has 3 N–H and O–H groups in total. The highest BCUT2D eigenvalue weighted by Crippen LogP contribution is 2.28. The summed E-state index contributed by atoms with van der Waals surface area (Å²) in [5, 5.41) is 5.40. The van der Waals surface area contributed by atoms with Gasteiger partial charge in [-0.05, 0) is 56.7 Å². The van der Waals surface area contributed by atoms with Gasteiger partial charge in [0.15, 0.2) is 18.1 Å². The number of methoxy groups -OCH3 is 1. The van der Waals surface area contributed by atoms with E-state index in [1.807, 2.05) is 6.92 Å². The van der Waals surface area contributed by atoms with Crippen molar-refractivity contribution < 1.29 is 27.5 Å². The lowest BCUT2D eigenvalue weighted by atomic mass is 10.1. The number of hydrogen-bond donors (Lipinski definition) is 3. The molecule has 2 amide bonds. The van der Waals surface area contributed by atoms with Crippen molar-refractivity contribution in [3.05, 3.63) is 53.6 Å². The Morgan fingerprint density at radius 3 is 2.44 bits per heavy atom. The topological polar surface area (TPSA) is 123 Å². The summed E-state index contributed by atoms with van der Waals surface area (Å²) in [6, 6.07) is 10.7. The summed E-state index contributed by atoms with van der Waals surface area (Å²) >= 11 is 0. The molecule has 0 unspecified atom stereocenters. The standard InChI is InChI=1S/C22H29N3O6S/c1-5-23-21(26)14-31-19-10-9-16(11-20(19)30-4)13-24-22(27)17-7-6-8-18(12-17)32(28,29)25-15(2)3/h6-12,15,25H,5,13-14H2,1-4H3,(H,23,26)(H,24,27). The summed E-state index contributed by atoms with van der Waals surface area (Å²) in [6.45, 7) is 5.83. The van der Waals surface area contributed by atoms with E-state index < -0.39 is 15.9 Å². The Balaban J connectivity index is 2.05. The first kappa shape index (κ1) is 25.2. The molecule has 2 aromatic rings. The molecular weight excluding hydrogens is 434 g/mol. The number of rotatable bonds is 11. The van der Waals surface area contributed by atoms with Crippen LogP contribution in [-0.4, -0.2) is 46.5 Å². The molecule has 0 aromatic heterocycles. The van der Waals surface area contributed by atoms with Gasteiger partial charge in [0, 0.05) is 24.7 Å². The molecule has 0 fully saturated rings. The van der Waals surface area contributed by atoms with Crippen LogP contribution in [0, 0.1) is 0 Å². The lowest BCUT2D eigenvalue weighted by molar-refractivity contribution is -0.123. The average Bonchev–Trinajstić information content (AvgIpc) is 2.75. The molecular formula is C22H29N3O6S. The Bertz CT molecular complexity index is 1050. The van der Waals surface area contributed by atoms with Crippen LogP contribution in [-0.2, 0) is 21.4 Å². The van der Waals surface area contributed by atoms with Gasteiger partial charge in [-0.25, -0.2) is 13.1 Å². The molecule has 2 rings (SSSR count). The fourth-order valence-corrected chi connectivity index (χ4v) is 4.10. The van der Waals surface area contributed by atoms with E-state index in [4.69, 9.17) is 9.47 Å². The van der Waals surface area contributed by atoms with E-state index in [-0.39, 0.29) is 35.6 Å². The first-order chi connectivity index (χ1) is 15.2. The van der Waals surface area contributed by atoms with Gasteiger partial charge < -0.3 is 20.1 Å². The first-order valence-electron chi connectivity index (χ1n) is 10.1. The van der Waals surface area contributed by atoms with E-state index in [1.54, 1.807) is 38.1 Å². The lowest BCUT2D eigenvalue weighted by Crippen LogP contribution is -2.30. The third kappa shape index (κ3) is 7.24. The predicted octanol–water partition coefficient (Wildman–Crippen LogP) is 1.83. The van der Waals surface area contributed by atoms with Crippen molar-refractivity contribution in [1.82, 2.24) is 15.4 Å². The van der Waals surface area contributed by atoms with E-state index in [0.717, 1.165) is 5.56 Å². The van der Waals surface area contributed by atoms with E-state index in [0.29, 0.717) is 18.0 Å². The fraction of sp³-hybridized carbons (Fsp3) is 0.364.